The summed E-state index contributed by atoms with van der Waals surface area (Å²) in [5.41, 5.74) is 3.48. The van der Waals surface area contributed by atoms with Crippen molar-refractivity contribution in [2.75, 3.05) is 23.3 Å². The third-order valence-corrected chi connectivity index (χ3v) is 4.27. The average Bonchev–Trinajstić information content (AvgIpc) is 2.85. The summed E-state index contributed by atoms with van der Waals surface area (Å²) in [5, 5.41) is 3.04. The van der Waals surface area contributed by atoms with E-state index in [1.54, 1.807) is 6.20 Å². The van der Waals surface area contributed by atoms with Gasteiger partial charge < -0.3 is 10.2 Å². The van der Waals surface area contributed by atoms with E-state index in [2.05, 4.69) is 21.3 Å². The monoisotopic (exact) mass is 309 g/mol. The Hall–Kier alpha value is -2.36. The number of rotatable bonds is 3. The van der Waals surface area contributed by atoms with Crippen molar-refractivity contribution in [2.24, 2.45) is 0 Å². The molecule has 1 fully saturated rings. The van der Waals surface area contributed by atoms with Gasteiger partial charge in [-0.05, 0) is 44.0 Å². The number of carbonyl (C=O) groups is 1. The van der Waals surface area contributed by atoms with Crippen molar-refractivity contribution in [1.29, 1.82) is 0 Å². The lowest BCUT2D eigenvalue weighted by Gasteiger charge is -2.25. The van der Waals surface area contributed by atoms with E-state index < -0.39 is 0 Å². The van der Waals surface area contributed by atoms with Crippen LogP contribution in [0.1, 0.15) is 41.7 Å². The summed E-state index contributed by atoms with van der Waals surface area (Å²) in [6.45, 7) is 4.02. The molecule has 0 saturated carbocycles. The number of amides is 1. The van der Waals surface area contributed by atoms with Crippen LogP contribution in [0, 0.1) is 6.92 Å². The molecule has 4 nitrogen and oxygen atoms in total. The smallest absolute Gasteiger partial charge is 0.257 e. The molecule has 0 bridgehead atoms. The van der Waals surface area contributed by atoms with E-state index in [0.717, 1.165) is 30.2 Å². The van der Waals surface area contributed by atoms with Crippen molar-refractivity contribution in [1.82, 2.24) is 4.98 Å². The first kappa shape index (κ1) is 15.5. The van der Waals surface area contributed by atoms with E-state index in [4.69, 9.17) is 0 Å². The number of para-hydroxylation sites is 2. The third kappa shape index (κ3) is 3.89. The summed E-state index contributed by atoms with van der Waals surface area (Å²) < 4.78 is 0. The standard InChI is InChI=1S/C19H23N3O/c1-15-10-11-16(14-20-15)19(23)21-17-8-4-5-9-18(17)22-12-6-2-3-7-13-22/h4-5,8-11,14H,2-3,6-7,12-13H2,1H3,(H,21,23). The minimum Gasteiger partial charge on any atom is -0.370 e. The van der Waals surface area contributed by atoms with Crippen molar-refractivity contribution in [3.8, 4) is 0 Å². The Morgan fingerprint density at radius 2 is 1.78 bits per heavy atom. The van der Waals surface area contributed by atoms with E-state index in [0.29, 0.717) is 5.56 Å². The van der Waals surface area contributed by atoms with Gasteiger partial charge in [0.25, 0.3) is 5.91 Å². The van der Waals surface area contributed by atoms with Gasteiger partial charge in [0.05, 0.1) is 16.9 Å². The Bertz CT molecular complexity index is 659. The molecule has 0 spiro atoms. The first-order valence-electron chi connectivity index (χ1n) is 8.32. The van der Waals surface area contributed by atoms with Crippen LogP contribution in [0.2, 0.25) is 0 Å². The number of nitrogens with one attached hydrogen (secondary N) is 1. The first-order valence-corrected chi connectivity index (χ1v) is 8.32. The van der Waals surface area contributed by atoms with Crippen molar-refractivity contribution in [2.45, 2.75) is 32.6 Å². The molecule has 1 aromatic carbocycles. The van der Waals surface area contributed by atoms with Gasteiger partial charge in [-0.25, -0.2) is 0 Å². The normalized spacial score (nSPS) is 15.1. The molecule has 0 unspecified atom stereocenters. The quantitative estimate of drug-likeness (QED) is 0.931. The number of aryl methyl sites for hydroxylation is 1. The average molecular weight is 309 g/mol. The Morgan fingerprint density at radius 1 is 1.04 bits per heavy atom. The molecule has 1 aliphatic rings. The van der Waals surface area contributed by atoms with Crippen LogP contribution in [0.4, 0.5) is 11.4 Å². The van der Waals surface area contributed by atoms with Crippen LogP contribution < -0.4 is 10.2 Å². The maximum Gasteiger partial charge on any atom is 0.257 e. The van der Waals surface area contributed by atoms with Crippen molar-refractivity contribution >= 4 is 17.3 Å². The number of hydrogen-bond donors (Lipinski definition) is 1. The number of carbonyl (C=O) groups excluding carboxylic acids is 1. The topological polar surface area (TPSA) is 45.2 Å². The highest BCUT2D eigenvalue weighted by Gasteiger charge is 2.15. The molecule has 1 saturated heterocycles. The molecule has 1 amide bonds. The van der Waals surface area contributed by atoms with Crippen LogP contribution in [-0.4, -0.2) is 24.0 Å². The number of nitrogens with zero attached hydrogens (tertiary/aromatic N) is 2. The SMILES string of the molecule is Cc1ccc(C(=O)Nc2ccccc2N2CCCCCC2)cn1. The minimum atomic E-state index is -0.111. The number of pyridine rings is 1. The highest BCUT2D eigenvalue weighted by Crippen LogP contribution is 2.28. The molecule has 2 aromatic rings. The predicted molar refractivity (Wildman–Crippen MR) is 94.1 cm³/mol. The molecule has 120 valence electrons. The molecule has 0 radical (unpaired) electrons. The molecule has 1 N–H and O–H groups in total. The van der Waals surface area contributed by atoms with Crippen LogP contribution in [0.25, 0.3) is 0 Å². The van der Waals surface area contributed by atoms with Crippen LogP contribution in [0.15, 0.2) is 42.6 Å². The highest BCUT2D eigenvalue weighted by atomic mass is 16.1. The number of anilines is 2. The lowest BCUT2D eigenvalue weighted by molar-refractivity contribution is 0.102. The van der Waals surface area contributed by atoms with Crippen LogP contribution in [0.5, 0.6) is 0 Å². The van der Waals surface area contributed by atoms with Crippen molar-refractivity contribution in [3.05, 3.63) is 53.9 Å². The van der Waals surface area contributed by atoms with Gasteiger partial charge in [-0.15, -0.1) is 0 Å². The van der Waals surface area contributed by atoms with Crippen LogP contribution in [0.3, 0.4) is 0 Å². The second kappa shape index (κ2) is 7.27. The molecule has 1 aromatic heterocycles. The molecule has 1 aliphatic heterocycles. The summed E-state index contributed by atoms with van der Waals surface area (Å²) >= 11 is 0. The molecule has 4 heteroatoms. The number of benzene rings is 1. The zero-order valence-electron chi connectivity index (χ0n) is 13.6. The lowest BCUT2D eigenvalue weighted by Crippen LogP contribution is -2.25. The maximum absolute atomic E-state index is 12.5. The molecule has 3 rings (SSSR count). The second-order valence-corrected chi connectivity index (χ2v) is 6.06. The fraction of sp³-hybridized carbons (Fsp3) is 0.368. The molecule has 0 atom stereocenters. The van der Waals surface area contributed by atoms with E-state index in [1.807, 2.05) is 37.3 Å². The lowest BCUT2D eigenvalue weighted by atomic mass is 10.2. The van der Waals surface area contributed by atoms with Gasteiger partial charge in [0, 0.05) is 25.0 Å². The van der Waals surface area contributed by atoms with Gasteiger partial charge >= 0.3 is 0 Å². The third-order valence-electron chi connectivity index (χ3n) is 4.27. The molecular weight excluding hydrogens is 286 g/mol. The summed E-state index contributed by atoms with van der Waals surface area (Å²) in [7, 11) is 0. The van der Waals surface area contributed by atoms with Gasteiger partial charge in [0.1, 0.15) is 0 Å². The fourth-order valence-corrected chi connectivity index (χ4v) is 2.96. The minimum absolute atomic E-state index is 0.111. The van der Waals surface area contributed by atoms with Gasteiger partial charge in [0.15, 0.2) is 0 Å². The number of aromatic nitrogens is 1. The Labute approximate surface area is 137 Å². The Morgan fingerprint density at radius 3 is 2.48 bits per heavy atom. The van der Waals surface area contributed by atoms with Gasteiger partial charge in [0.2, 0.25) is 0 Å². The Kier molecular flexibility index (Phi) is 4.91. The number of hydrogen-bond acceptors (Lipinski definition) is 3. The molecular formula is C19H23N3O. The zero-order valence-corrected chi connectivity index (χ0v) is 13.6. The maximum atomic E-state index is 12.5. The van der Waals surface area contributed by atoms with Gasteiger partial charge in [-0.3, -0.25) is 9.78 Å². The van der Waals surface area contributed by atoms with Crippen LogP contribution >= 0.6 is 0 Å². The predicted octanol–water partition coefficient (Wildman–Crippen LogP) is 4.02. The molecule has 0 aliphatic carbocycles. The van der Waals surface area contributed by atoms with Crippen molar-refractivity contribution < 1.29 is 4.79 Å². The van der Waals surface area contributed by atoms with E-state index >= 15 is 0 Å². The van der Waals surface area contributed by atoms with Crippen molar-refractivity contribution in [3.63, 3.8) is 0 Å². The second-order valence-electron chi connectivity index (χ2n) is 6.06. The highest BCUT2D eigenvalue weighted by molar-refractivity contribution is 6.05. The Balaban J connectivity index is 1.79. The molecule has 23 heavy (non-hydrogen) atoms. The zero-order chi connectivity index (χ0) is 16.1. The largest absolute Gasteiger partial charge is 0.370 e. The fourth-order valence-electron chi connectivity index (χ4n) is 2.96. The first-order chi connectivity index (χ1) is 11.2. The van der Waals surface area contributed by atoms with Crippen LogP contribution in [-0.2, 0) is 0 Å². The summed E-state index contributed by atoms with van der Waals surface area (Å²) in [4.78, 5) is 19.0. The van der Waals surface area contributed by atoms with Gasteiger partial charge in [-0.1, -0.05) is 25.0 Å². The summed E-state index contributed by atoms with van der Waals surface area (Å²) in [6, 6.07) is 11.7. The van der Waals surface area contributed by atoms with E-state index in [1.165, 1.54) is 25.7 Å². The molecule has 2 heterocycles. The van der Waals surface area contributed by atoms with E-state index in [-0.39, 0.29) is 5.91 Å². The summed E-state index contributed by atoms with van der Waals surface area (Å²) in [5.74, 6) is -0.111. The van der Waals surface area contributed by atoms with E-state index in [9.17, 15) is 4.79 Å². The van der Waals surface area contributed by atoms with Gasteiger partial charge in [-0.2, -0.15) is 0 Å². The summed E-state index contributed by atoms with van der Waals surface area (Å²) in [6.07, 6.45) is 6.63.